The van der Waals surface area contributed by atoms with Crippen molar-refractivity contribution in [3.63, 3.8) is 0 Å². The van der Waals surface area contributed by atoms with Crippen molar-refractivity contribution in [1.82, 2.24) is 9.97 Å². The second-order valence-electron chi connectivity index (χ2n) is 4.22. The zero-order chi connectivity index (χ0) is 12.2. The van der Waals surface area contributed by atoms with Crippen LogP contribution in [0.2, 0.25) is 0 Å². The van der Waals surface area contributed by atoms with E-state index in [0.29, 0.717) is 0 Å². The lowest BCUT2D eigenvalue weighted by Gasteiger charge is -2.22. The molecule has 96 valence electrons. The smallest absolute Gasteiger partial charge is 0.166 e. The van der Waals surface area contributed by atoms with E-state index in [-0.39, 0.29) is 6.29 Å². The van der Waals surface area contributed by atoms with E-state index in [9.17, 15) is 0 Å². The molecule has 1 aliphatic rings. The third-order valence-corrected chi connectivity index (χ3v) is 3.76. The van der Waals surface area contributed by atoms with Crippen LogP contribution in [0.4, 0.5) is 0 Å². The van der Waals surface area contributed by atoms with Gasteiger partial charge < -0.3 is 14.5 Å². The number of nitrogens with one attached hydrogen (secondary N) is 1. The summed E-state index contributed by atoms with van der Waals surface area (Å²) in [4.78, 5) is 7.82. The summed E-state index contributed by atoms with van der Waals surface area (Å²) in [6.45, 7) is 1.64. The van der Waals surface area contributed by atoms with Crippen LogP contribution in [0.5, 0.6) is 0 Å². The van der Waals surface area contributed by atoms with Crippen molar-refractivity contribution in [2.45, 2.75) is 24.3 Å². The maximum atomic E-state index is 5.51. The zero-order valence-electron chi connectivity index (χ0n) is 10.1. The molecule has 0 spiro atoms. The number of imidazole rings is 1. The molecular weight excluding hydrogens is 248 g/mol. The maximum absolute atomic E-state index is 5.51. The van der Waals surface area contributed by atoms with Gasteiger partial charge in [-0.25, -0.2) is 4.98 Å². The first-order chi connectivity index (χ1) is 8.92. The number of thioether (sulfide) groups is 1. The number of rotatable bonds is 4. The summed E-state index contributed by atoms with van der Waals surface area (Å²) in [5.74, 6) is 0.949. The van der Waals surface area contributed by atoms with Crippen molar-refractivity contribution >= 4 is 22.8 Å². The summed E-state index contributed by atoms with van der Waals surface area (Å²) >= 11 is 1.71. The van der Waals surface area contributed by atoms with Gasteiger partial charge in [0, 0.05) is 12.2 Å². The third kappa shape index (κ3) is 2.85. The average molecular weight is 264 g/mol. The number of ether oxygens (including phenoxy) is 2. The molecule has 0 saturated carbocycles. The Labute approximate surface area is 110 Å². The van der Waals surface area contributed by atoms with E-state index in [0.717, 1.165) is 48.0 Å². The van der Waals surface area contributed by atoms with Crippen LogP contribution in [0, 0.1) is 0 Å². The minimum atomic E-state index is -0.0318. The van der Waals surface area contributed by atoms with Crippen LogP contribution in [0.1, 0.15) is 12.8 Å². The third-order valence-electron chi connectivity index (χ3n) is 2.86. The van der Waals surface area contributed by atoms with Crippen molar-refractivity contribution in [2.24, 2.45) is 0 Å². The molecule has 1 aromatic heterocycles. The fourth-order valence-electron chi connectivity index (χ4n) is 1.95. The maximum Gasteiger partial charge on any atom is 0.166 e. The number of H-pyrrole nitrogens is 1. The molecule has 18 heavy (non-hydrogen) atoms. The van der Waals surface area contributed by atoms with Gasteiger partial charge in [-0.05, 0) is 18.6 Å². The molecule has 1 aromatic carbocycles. The number of para-hydroxylation sites is 2. The largest absolute Gasteiger partial charge is 0.353 e. The first-order valence-electron chi connectivity index (χ1n) is 6.22. The van der Waals surface area contributed by atoms with Crippen LogP contribution >= 0.6 is 11.8 Å². The van der Waals surface area contributed by atoms with Gasteiger partial charge in [-0.15, -0.1) is 0 Å². The van der Waals surface area contributed by atoms with Gasteiger partial charge in [-0.2, -0.15) is 0 Å². The van der Waals surface area contributed by atoms with Gasteiger partial charge in [0.2, 0.25) is 0 Å². The lowest BCUT2D eigenvalue weighted by Crippen LogP contribution is -2.25. The van der Waals surface area contributed by atoms with Crippen LogP contribution in [0.25, 0.3) is 11.0 Å². The number of nitrogens with zero attached hydrogens (tertiary/aromatic N) is 1. The Morgan fingerprint density at radius 2 is 2.11 bits per heavy atom. The predicted molar refractivity (Wildman–Crippen MR) is 71.7 cm³/mol. The second kappa shape index (κ2) is 5.73. The van der Waals surface area contributed by atoms with E-state index >= 15 is 0 Å². The first-order valence-corrected chi connectivity index (χ1v) is 7.21. The number of fused-ring (bicyclic) bond motifs is 1. The number of aromatic amines is 1. The highest BCUT2D eigenvalue weighted by molar-refractivity contribution is 7.99. The molecule has 0 amide bonds. The Morgan fingerprint density at radius 3 is 2.94 bits per heavy atom. The molecule has 3 rings (SSSR count). The Balaban J connectivity index is 1.53. The molecule has 1 saturated heterocycles. The van der Waals surface area contributed by atoms with E-state index in [1.165, 1.54) is 0 Å². The molecule has 0 atom stereocenters. The van der Waals surface area contributed by atoms with Gasteiger partial charge in [0.25, 0.3) is 0 Å². The molecule has 1 N–H and O–H groups in total. The van der Waals surface area contributed by atoms with Gasteiger partial charge in [-0.1, -0.05) is 23.9 Å². The lowest BCUT2D eigenvalue weighted by atomic mass is 10.3. The summed E-state index contributed by atoms with van der Waals surface area (Å²) in [5.41, 5.74) is 2.11. The van der Waals surface area contributed by atoms with Crippen molar-refractivity contribution in [3.05, 3.63) is 24.3 Å². The van der Waals surface area contributed by atoms with Crippen molar-refractivity contribution in [3.8, 4) is 0 Å². The lowest BCUT2D eigenvalue weighted by molar-refractivity contribution is -0.178. The van der Waals surface area contributed by atoms with Crippen LogP contribution in [0.3, 0.4) is 0 Å². The molecule has 0 radical (unpaired) electrons. The van der Waals surface area contributed by atoms with Gasteiger partial charge in [0.05, 0.1) is 24.2 Å². The predicted octanol–water partition coefficient (Wildman–Crippen LogP) is 2.81. The number of benzene rings is 1. The molecule has 0 bridgehead atoms. The van der Waals surface area contributed by atoms with Crippen LogP contribution in [-0.2, 0) is 9.47 Å². The summed E-state index contributed by atoms with van der Waals surface area (Å²) in [6.07, 6.45) is 1.88. The average Bonchev–Trinajstić information content (AvgIpc) is 2.82. The molecule has 2 aromatic rings. The standard InChI is InChI=1S/C13H16N2O2S/c1-2-5-11-10(4-1)14-13(15-11)18-9-6-12-16-7-3-8-17-12/h1-2,4-5,12H,3,6-9H2,(H,14,15). The Morgan fingerprint density at radius 1 is 1.28 bits per heavy atom. The fraction of sp³-hybridized carbons (Fsp3) is 0.462. The molecule has 1 fully saturated rings. The minimum Gasteiger partial charge on any atom is -0.353 e. The summed E-state index contributed by atoms with van der Waals surface area (Å²) < 4.78 is 11.0. The zero-order valence-corrected chi connectivity index (χ0v) is 10.9. The topological polar surface area (TPSA) is 47.1 Å². The highest BCUT2D eigenvalue weighted by Crippen LogP contribution is 2.21. The Hall–Kier alpha value is -1.04. The normalized spacial score (nSPS) is 17.3. The van der Waals surface area contributed by atoms with Gasteiger partial charge in [-0.3, -0.25) is 0 Å². The summed E-state index contributed by atoms with van der Waals surface area (Å²) in [5, 5.41) is 0.965. The minimum absolute atomic E-state index is 0.0318. The van der Waals surface area contributed by atoms with Gasteiger partial charge in [0.1, 0.15) is 0 Å². The van der Waals surface area contributed by atoms with E-state index in [1.807, 2.05) is 24.3 Å². The van der Waals surface area contributed by atoms with E-state index in [2.05, 4.69) is 9.97 Å². The molecule has 0 unspecified atom stereocenters. The second-order valence-corrected chi connectivity index (χ2v) is 5.30. The monoisotopic (exact) mass is 264 g/mol. The highest BCUT2D eigenvalue weighted by atomic mass is 32.2. The first kappa shape index (κ1) is 12.0. The Bertz CT molecular complexity index is 475. The number of hydrogen-bond acceptors (Lipinski definition) is 4. The highest BCUT2D eigenvalue weighted by Gasteiger charge is 2.14. The number of hydrogen-bond donors (Lipinski definition) is 1. The van der Waals surface area contributed by atoms with Gasteiger partial charge >= 0.3 is 0 Å². The SMILES string of the molecule is c1ccc2[nH]c(SCCC3OCCCO3)nc2c1. The molecule has 0 aliphatic carbocycles. The van der Waals surface area contributed by atoms with E-state index < -0.39 is 0 Å². The van der Waals surface area contributed by atoms with Crippen LogP contribution < -0.4 is 0 Å². The quantitative estimate of drug-likeness (QED) is 0.863. The molecular formula is C13H16N2O2S. The molecule has 4 nitrogen and oxygen atoms in total. The van der Waals surface area contributed by atoms with Crippen LogP contribution in [-0.4, -0.2) is 35.2 Å². The van der Waals surface area contributed by atoms with E-state index in [4.69, 9.17) is 9.47 Å². The van der Waals surface area contributed by atoms with Crippen LogP contribution in [0.15, 0.2) is 29.4 Å². The molecule has 5 heteroatoms. The van der Waals surface area contributed by atoms with Crippen molar-refractivity contribution in [1.29, 1.82) is 0 Å². The Kier molecular flexibility index (Phi) is 3.83. The summed E-state index contributed by atoms with van der Waals surface area (Å²) in [7, 11) is 0. The van der Waals surface area contributed by atoms with E-state index in [1.54, 1.807) is 11.8 Å². The number of aromatic nitrogens is 2. The fourth-order valence-corrected chi connectivity index (χ4v) is 2.80. The van der Waals surface area contributed by atoms with Crippen molar-refractivity contribution < 1.29 is 9.47 Å². The summed E-state index contributed by atoms with van der Waals surface area (Å²) in [6, 6.07) is 8.07. The van der Waals surface area contributed by atoms with Gasteiger partial charge in [0.15, 0.2) is 11.4 Å². The molecule has 1 aliphatic heterocycles. The van der Waals surface area contributed by atoms with Crippen molar-refractivity contribution in [2.75, 3.05) is 19.0 Å². The molecule has 2 heterocycles.